The standard InChI is InChI=1S/C22H33F3N4O.HI/c1-3-28(16-22(23,24)25)13-18-10-11-29(14-18)21(26-2)27-12-19-6-4-5-7-20(19)30-15-17-8-9-17;/h4-7,17-18H,3,8-16H2,1-2H3,(H,26,27);1H. The Labute approximate surface area is 200 Å². The lowest BCUT2D eigenvalue weighted by Gasteiger charge is -2.26. The van der Waals surface area contributed by atoms with Crippen molar-refractivity contribution in [1.29, 1.82) is 0 Å². The highest BCUT2D eigenvalue weighted by Crippen LogP contribution is 2.30. The van der Waals surface area contributed by atoms with Crippen LogP contribution in [-0.4, -0.2) is 68.3 Å². The molecule has 0 bridgehead atoms. The van der Waals surface area contributed by atoms with Gasteiger partial charge in [-0.15, -0.1) is 24.0 Å². The number of nitrogens with zero attached hydrogens (tertiary/aromatic N) is 3. The molecule has 2 aliphatic rings. The largest absolute Gasteiger partial charge is 0.493 e. The molecule has 1 saturated heterocycles. The fourth-order valence-corrected chi connectivity index (χ4v) is 3.89. The number of likely N-dealkylation sites (tertiary alicyclic amines) is 1. The highest BCUT2D eigenvalue weighted by Gasteiger charge is 2.33. The summed E-state index contributed by atoms with van der Waals surface area (Å²) in [5, 5.41) is 3.40. The third-order valence-electron chi connectivity index (χ3n) is 5.74. The van der Waals surface area contributed by atoms with Gasteiger partial charge in [0.1, 0.15) is 5.75 Å². The second kappa shape index (κ2) is 12.1. The lowest BCUT2D eigenvalue weighted by molar-refractivity contribution is -0.146. The monoisotopic (exact) mass is 554 g/mol. The van der Waals surface area contributed by atoms with E-state index >= 15 is 0 Å². The van der Waals surface area contributed by atoms with Gasteiger partial charge in [0.2, 0.25) is 0 Å². The Morgan fingerprint density at radius 3 is 2.61 bits per heavy atom. The van der Waals surface area contributed by atoms with Gasteiger partial charge in [0.25, 0.3) is 0 Å². The summed E-state index contributed by atoms with van der Waals surface area (Å²) in [6, 6.07) is 8.02. The zero-order valence-corrected chi connectivity index (χ0v) is 20.7. The number of halogens is 4. The molecule has 0 aromatic heterocycles. The van der Waals surface area contributed by atoms with Crippen molar-refractivity contribution < 1.29 is 17.9 Å². The quantitative estimate of drug-likeness (QED) is 0.280. The summed E-state index contributed by atoms with van der Waals surface area (Å²) in [6.07, 6.45) is -0.778. The van der Waals surface area contributed by atoms with Crippen molar-refractivity contribution in [3.63, 3.8) is 0 Å². The van der Waals surface area contributed by atoms with Crippen LogP contribution in [0.15, 0.2) is 29.3 Å². The zero-order valence-electron chi connectivity index (χ0n) is 18.3. The molecule has 5 nitrogen and oxygen atoms in total. The lowest BCUT2D eigenvalue weighted by atomic mass is 10.1. The summed E-state index contributed by atoms with van der Waals surface area (Å²) in [5.41, 5.74) is 1.08. The van der Waals surface area contributed by atoms with Gasteiger partial charge in [-0.3, -0.25) is 9.89 Å². The number of hydrogen-bond donors (Lipinski definition) is 1. The Bertz CT molecular complexity index is 712. The van der Waals surface area contributed by atoms with Crippen molar-refractivity contribution in [3.8, 4) is 5.75 Å². The molecule has 31 heavy (non-hydrogen) atoms. The van der Waals surface area contributed by atoms with Crippen LogP contribution >= 0.6 is 24.0 Å². The molecule has 1 unspecified atom stereocenters. The summed E-state index contributed by atoms with van der Waals surface area (Å²) < 4.78 is 44.2. The molecule has 0 radical (unpaired) electrons. The molecule has 1 atom stereocenters. The number of hydrogen-bond acceptors (Lipinski definition) is 3. The second-order valence-corrected chi connectivity index (χ2v) is 8.31. The fraction of sp³-hybridized carbons (Fsp3) is 0.682. The van der Waals surface area contributed by atoms with Gasteiger partial charge in [-0.05, 0) is 43.7 Å². The lowest BCUT2D eigenvalue weighted by Crippen LogP contribution is -2.41. The van der Waals surface area contributed by atoms with E-state index in [1.54, 1.807) is 14.0 Å². The molecular formula is C22H34F3IN4O. The zero-order chi connectivity index (χ0) is 21.6. The summed E-state index contributed by atoms with van der Waals surface area (Å²) in [6.45, 7) is 4.69. The normalized spacial score (nSPS) is 19.5. The number of nitrogens with one attached hydrogen (secondary N) is 1. The molecule has 1 saturated carbocycles. The third-order valence-corrected chi connectivity index (χ3v) is 5.74. The first kappa shape index (κ1) is 26.0. The number of rotatable bonds is 9. The average Bonchev–Trinajstić information content (AvgIpc) is 3.43. The van der Waals surface area contributed by atoms with Gasteiger partial charge < -0.3 is 15.0 Å². The Morgan fingerprint density at radius 1 is 1.23 bits per heavy atom. The number of benzene rings is 1. The van der Waals surface area contributed by atoms with Crippen LogP contribution in [0.2, 0.25) is 0 Å². The van der Waals surface area contributed by atoms with Crippen LogP contribution in [0.3, 0.4) is 0 Å². The Morgan fingerprint density at radius 2 is 1.97 bits per heavy atom. The van der Waals surface area contributed by atoms with E-state index in [4.69, 9.17) is 4.74 Å². The Kier molecular flexibility index (Phi) is 10.2. The van der Waals surface area contributed by atoms with Crippen LogP contribution in [0.5, 0.6) is 5.75 Å². The first-order chi connectivity index (χ1) is 14.4. The van der Waals surface area contributed by atoms with Crippen molar-refractivity contribution in [2.24, 2.45) is 16.8 Å². The van der Waals surface area contributed by atoms with E-state index in [0.29, 0.717) is 32.1 Å². The van der Waals surface area contributed by atoms with Crippen LogP contribution in [0.25, 0.3) is 0 Å². The number of alkyl halides is 3. The minimum atomic E-state index is -4.15. The first-order valence-electron chi connectivity index (χ1n) is 10.8. The summed E-state index contributed by atoms with van der Waals surface area (Å²) in [5.74, 6) is 2.59. The Balaban J connectivity index is 0.00000341. The van der Waals surface area contributed by atoms with Gasteiger partial charge in [0.05, 0.1) is 13.2 Å². The predicted octanol–water partition coefficient (Wildman–Crippen LogP) is 4.37. The predicted molar refractivity (Wildman–Crippen MR) is 128 cm³/mol. The van der Waals surface area contributed by atoms with Crippen molar-refractivity contribution in [1.82, 2.24) is 15.1 Å². The van der Waals surface area contributed by atoms with E-state index in [-0.39, 0.29) is 29.9 Å². The van der Waals surface area contributed by atoms with Crippen LogP contribution in [0.1, 0.15) is 31.7 Å². The van der Waals surface area contributed by atoms with Gasteiger partial charge in [0.15, 0.2) is 5.96 Å². The van der Waals surface area contributed by atoms with Crippen LogP contribution < -0.4 is 10.1 Å². The van der Waals surface area contributed by atoms with Gasteiger partial charge in [-0.1, -0.05) is 25.1 Å². The summed E-state index contributed by atoms with van der Waals surface area (Å²) in [4.78, 5) is 8.01. The molecule has 1 aliphatic carbocycles. The maximum Gasteiger partial charge on any atom is 0.401 e. The van der Waals surface area contributed by atoms with Gasteiger partial charge in [-0.25, -0.2) is 0 Å². The van der Waals surface area contributed by atoms with Crippen molar-refractivity contribution in [2.45, 2.75) is 38.9 Å². The maximum absolute atomic E-state index is 12.7. The van der Waals surface area contributed by atoms with Crippen LogP contribution in [-0.2, 0) is 6.54 Å². The number of guanidine groups is 1. The van der Waals surface area contributed by atoms with E-state index in [9.17, 15) is 13.2 Å². The second-order valence-electron chi connectivity index (χ2n) is 8.31. The van der Waals surface area contributed by atoms with Crippen LogP contribution in [0, 0.1) is 11.8 Å². The number of para-hydroxylation sites is 1. The van der Waals surface area contributed by atoms with Crippen LogP contribution in [0.4, 0.5) is 13.2 Å². The van der Waals surface area contributed by atoms with E-state index in [2.05, 4.69) is 15.2 Å². The summed E-state index contributed by atoms with van der Waals surface area (Å²) >= 11 is 0. The summed E-state index contributed by atoms with van der Waals surface area (Å²) in [7, 11) is 1.74. The first-order valence-corrected chi connectivity index (χ1v) is 10.8. The highest BCUT2D eigenvalue weighted by atomic mass is 127. The molecule has 1 N–H and O–H groups in total. The molecular weight excluding hydrogens is 520 g/mol. The van der Waals surface area contributed by atoms with Gasteiger partial charge >= 0.3 is 6.18 Å². The molecule has 1 aliphatic heterocycles. The molecule has 2 fully saturated rings. The fourth-order valence-electron chi connectivity index (χ4n) is 3.89. The molecule has 3 rings (SSSR count). The minimum absolute atomic E-state index is 0. The number of aliphatic imine (C=N–C) groups is 1. The van der Waals surface area contributed by atoms with Crippen molar-refractivity contribution >= 4 is 29.9 Å². The molecule has 0 amide bonds. The minimum Gasteiger partial charge on any atom is -0.493 e. The highest BCUT2D eigenvalue weighted by molar-refractivity contribution is 14.0. The third kappa shape index (κ3) is 8.67. The van der Waals surface area contributed by atoms with E-state index in [0.717, 1.165) is 36.8 Å². The molecule has 0 spiro atoms. The Hall–Kier alpha value is -1.23. The molecule has 176 valence electrons. The SMILES string of the molecule is CCN(CC1CCN(C(=NC)NCc2ccccc2OCC2CC2)C1)CC(F)(F)F.I. The average molecular weight is 554 g/mol. The topological polar surface area (TPSA) is 40.1 Å². The van der Waals surface area contributed by atoms with E-state index in [1.165, 1.54) is 17.7 Å². The van der Waals surface area contributed by atoms with Crippen molar-refractivity contribution in [2.75, 3.05) is 46.4 Å². The van der Waals surface area contributed by atoms with Gasteiger partial charge in [0, 0.05) is 38.8 Å². The smallest absolute Gasteiger partial charge is 0.401 e. The van der Waals surface area contributed by atoms with E-state index in [1.807, 2.05) is 24.3 Å². The molecule has 1 aromatic carbocycles. The maximum atomic E-state index is 12.7. The van der Waals surface area contributed by atoms with Gasteiger partial charge in [-0.2, -0.15) is 13.2 Å². The number of ether oxygens (including phenoxy) is 1. The molecule has 1 heterocycles. The van der Waals surface area contributed by atoms with Crippen molar-refractivity contribution in [3.05, 3.63) is 29.8 Å². The van der Waals surface area contributed by atoms with E-state index < -0.39 is 12.7 Å². The molecule has 1 aromatic rings. The molecule has 9 heteroatoms.